The van der Waals surface area contributed by atoms with Crippen LogP contribution in [0.5, 0.6) is 0 Å². The second kappa shape index (κ2) is 5.21. The molecule has 2 N–H and O–H groups in total. The maximum absolute atomic E-state index is 11.8. The van der Waals surface area contributed by atoms with E-state index in [1.807, 2.05) is 12.1 Å². The molecular weight excluding hydrogens is 349 g/mol. The Labute approximate surface area is 116 Å². The molecule has 0 aliphatic carbocycles. The first-order chi connectivity index (χ1) is 8.58. The molecule has 6 heteroatoms. The van der Waals surface area contributed by atoms with Gasteiger partial charge in [0.25, 0.3) is 5.91 Å². The largest absolute Gasteiger partial charge is 0.475 e. The van der Waals surface area contributed by atoms with E-state index in [0.29, 0.717) is 5.69 Å². The van der Waals surface area contributed by atoms with Gasteiger partial charge in [-0.15, -0.1) is 0 Å². The van der Waals surface area contributed by atoms with Gasteiger partial charge in [0.05, 0.1) is 5.69 Å². The topological polar surface area (TPSA) is 79.5 Å². The van der Waals surface area contributed by atoms with Crippen molar-refractivity contribution in [3.05, 3.63) is 51.5 Å². The van der Waals surface area contributed by atoms with Crippen molar-refractivity contribution in [1.82, 2.24) is 0 Å². The lowest BCUT2D eigenvalue weighted by Gasteiger charge is -2.04. The third-order valence-electron chi connectivity index (χ3n) is 2.16. The zero-order valence-corrected chi connectivity index (χ0v) is 11.2. The zero-order chi connectivity index (χ0) is 13.1. The lowest BCUT2D eigenvalue weighted by Crippen LogP contribution is -2.11. The van der Waals surface area contributed by atoms with Crippen LogP contribution in [0.3, 0.4) is 0 Å². The van der Waals surface area contributed by atoms with Crippen LogP contribution >= 0.6 is 22.6 Å². The predicted molar refractivity (Wildman–Crippen MR) is 72.8 cm³/mol. The van der Waals surface area contributed by atoms with Crippen molar-refractivity contribution in [3.8, 4) is 0 Å². The molecular formula is C12H8INO4. The molecule has 1 aromatic heterocycles. The number of nitrogens with one attached hydrogen (secondary N) is 1. The molecule has 0 bridgehead atoms. The van der Waals surface area contributed by atoms with Gasteiger partial charge in [0.2, 0.25) is 5.76 Å². The molecule has 0 spiro atoms. The van der Waals surface area contributed by atoms with Gasteiger partial charge in [-0.3, -0.25) is 4.79 Å². The van der Waals surface area contributed by atoms with Gasteiger partial charge in [0.15, 0.2) is 5.76 Å². The van der Waals surface area contributed by atoms with E-state index in [9.17, 15) is 9.59 Å². The molecule has 0 aliphatic rings. The average Bonchev–Trinajstić information content (AvgIpc) is 2.81. The molecule has 0 fully saturated rings. The lowest BCUT2D eigenvalue weighted by atomic mass is 10.3. The highest BCUT2D eigenvalue weighted by molar-refractivity contribution is 14.1. The lowest BCUT2D eigenvalue weighted by molar-refractivity contribution is 0.0660. The van der Waals surface area contributed by atoms with Crippen molar-refractivity contribution in [2.45, 2.75) is 0 Å². The van der Waals surface area contributed by atoms with Crippen molar-refractivity contribution in [3.63, 3.8) is 0 Å². The molecule has 1 heterocycles. The fourth-order valence-electron chi connectivity index (χ4n) is 1.32. The molecule has 1 aromatic carbocycles. The first-order valence-electron chi connectivity index (χ1n) is 4.97. The second-order valence-corrected chi connectivity index (χ2v) is 4.57. The number of para-hydroxylation sites is 1. The number of halogens is 1. The number of carboxylic acids is 1. The van der Waals surface area contributed by atoms with Crippen LogP contribution in [0.1, 0.15) is 21.1 Å². The van der Waals surface area contributed by atoms with Crippen molar-refractivity contribution in [2.75, 3.05) is 5.32 Å². The van der Waals surface area contributed by atoms with E-state index < -0.39 is 11.9 Å². The Morgan fingerprint density at radius 2 is 1.78 bits per heavy atom. The Morgan fingerprint density at radius 3 is 2.39 bits per heavy atom. The summed E-state index contributed by atoms with van der Waals surface area (Å²) in [5.41, 5.74) is 0.649. The molecule has 1 amide bonds. The summed E-state index contributed by atoms with van der Waals surface area (Å²) in [6.45, 7) is 0. The summed E-state index contributed by atoms with van der Waals surface area (Å²) in [5, 5.41) is 11.3. The van der Waals surface area contributed by atoms with E-state index in [0.717, 1.165) is 3.57 Å². The van der Waals surface area contributed by atoms with Gasteiger partial charge >= 0.3 is 5.97 Å². The van der Waals surface area contributed by atoms with Crippen molar-refractivity contribution < 1.29 is 19.1 Å². The molecule has 0 unspecified atom stereocenters. The van der Waals surface area contributed by atoms with Crippen LogP contribution in [-0.4, -0.2) is 17.0 Å². The van der Waals surface area contributed by atoms with E-state index in [-0.39, 0.29) is 11.5 Å². The van der Waals surface area contributed by atoms with Crippen LogP contribution < -0.4 is 5.32 Å². The molecule has 0 saturated heterocycles. The Morgan fingerprint density at radius 1 is 1.11 bits per heavy atom. The first kappa shape index (κ1) is 12.6. The van der Waals surface area contributed by atoms with Crippen LogP contribution in [0.4, 0.5) is 5.69 Å². The highest BCUT2D eigenvalue weighted by atomic mass is 127. The quantitative estimate of drug-likeness (QED) is 0.828. The summed E-state index contributed by atoms with van der Waals surface area (Å²) in [5.74, 6) is -1.98. The maximum Gasteiger partial charge on any atom is 0.371 e. The van der Waals surface area contributed by atoms with Crippen LogP contribution in [0.25, 0.3) is 0 Å². The smallest absolute Gasteiger partial charge is 0.371 e. The normalized spacial score (nSPS) is 10.1. The Hall–Kier alpha value is -1.83. The van der Waals surface area contributed by atoms with Gasteiger partial charge in [-0.1, -0.05) is 12.1 Å². The summed E-state index contributed by atoms with van der Waals surface area (Å²) in [4.78, 5) is 22.4. The summed E-state index contributed by atoms with van der Waals surface area (Å²) >= 11 is 2.09. The fourth-order valence-corrected chi connectivity index (χ4v) is 1.84. The highest BCUT2D eigenvalue weighted by Gasteiger charge is 2.15. The highest BCUT2D eigenvalue weighted by Crippen LogP contribution is 2.18. The minimum absolute atomic E-state index is 0.0351. The number of hydrogen-bond acceptors (Lipinski definition) is 3. The number of carbonyl (C=O) groups is 2. The van der Waals surface area contributed by atoms with E-state index in [4.69, 9.17) is 9.52 Å². The number of rotatable bonds is 3. The standard InChI is InChI=1S/C12H8INO4/c13-7-3-1-2-4-8(7)14-11(15)9-5-6-10(18-9)12(16)17/h1-6H,(H,14,15)(H,16,17). The molecule has 5 nitrogen and oxygen atoms in total. The summed E-state index contributed by atoms with van der Waals surface area (Å²) in [6, 6.07) is 9.82. The number of amides is 1. The minimum atomic E-state index is -1.21. The molecule has 0 atom stereocenters. The van der Waals surface area contributed by atoms with Gasteiger partial charge in [0, 0.05) is 3.57 Å². The van der Waals surface area contributed by atoms with Gasteiger partial charge in [-0.2, -0.15) is 0 Å². The fraction of sp³-hybridized carbons (Fsp3) is 0. The predicted octanol–water partition coefficient (Wildman–Crippen LogP) is 2.83. The van der Waals surface area contributed by atoms with Crippen LogP contribution in [-0.2, 0) is 0 Å². The number of aromatic carboxylic acids is 1. The summed E-state index contributed by atoms with van der Waals surface area (Å²) in [7, 11) is 0. The van der Waals surface area contributed by atoms with Crippen molar-refractivity contribution >= 4 is 40.2 Å². The number of hydrogen-bond donors (Lipinski definition) is 2. The summed E-state index contributed by atoms with van der Waals surface area (Å²) in [6.07, 6.45) is 0. The Bertz CT molecular complexity index is 606. The third kappa shape index (κ3) is 2.70. The number of carboxylic acid groups (broad SMARTS) is 1. The molecule has 18 heavy (non-hydrogen) atoms. The maximum atomic E-state index is 11.8. The van der Waals surface area contributed by atoms with Crippen LogP contribution in [0, 0.1) is 3.57 Å². The SMILES string of the molecule is O=C(O)c1ccc(C(=O)Nc2ccccc2I)o1. The van der Waals surface area contributed by atoms with Gasteiger partial charge < -0.3 is 14.8 Å². The van der Waals surface area contributed by atoms with Crippen molar-refractivity contribution in [1.29, 1.82) is 0 Å². The zero-order valence-electron chi connectivity index (χ0n) is 9.01. The number of furan rings is 1. The monoisotopic (exact) mass is 357 g/mol. The van der Waals surface area contributed by atoms with E-state index in [2.05, 4.69) is 27.9 Å². The van der Waals surface area contributed by atoms with Gasteiger partial charge in [-0.25, -0.2) is 4.79 Å². The molecule has 92 valence electrons. The van der Waals surface area contributed by atoms with E-state index in [1.54, 1.807) is 12.1 Å². The number of carbonyl (C=O) groups excluding carboxylic acids is 1. The third-order valence-corrected chi connectivity index (χ3v) is 3.10. The second-order valence-electron chi connectivity index (χ2n) is 3.40. The molecule has 0 radical (unpaired) electrons. The van der Waals surface area contributed by atoms with Crippen molar-refractivity contribution in [2.24, 2.45) is 0 Å². The Kier molecular flexibility index (Phi) is 3.66. The molecule has 2 rings (SSSR count). The van der Waals surface area contributed by atoms with Gasteiger partial charge in [-0.05, 0) is 46.9 Å². The molecule has 0 saturated carbocycles. The number of anilines is 1. The average molecular weight is 357 g/mol. The van der Waals surface area contributed by atoms with Crippen LogP contribution in [0.2, 0.25) is 0 Å². The van der Waals surface area contributed by atoms with Crippen LogP contribution in [0.15, 0.2) is 40.8 Å². The first-order valence-corrected chi connectivity index (χ1v) is 6.05. The van der Waals surface area contributed by atoms with E-state index in [1.165, 1.54) is 12.1 Å². The van der Waals surface area contributed by atoms with Gasteiger partial charge in [0.1, 0.15) is 0 Å². The minimum Gasteiger partial charge on any atom is -0.475 e. The molecule has 2 aromatic rings. The Balaban J connectivity index is 2.17. The summed E-state index contributed by atoms with van der Waals surface area (Å²) < 4.78 is 5.79. The van der Waals surface area contributed by atoms with E-state index >= 15 is 0 Å². The number of benzene rings is 1. The molecule has 0 aliphatic heterocycles.